The molecule has 38 heavy (non-hydrogen) atoms. The fourth-order valence-electron chi connectivity index (χ4n) is 4.62. The van der Waals surface area contributed by atoms with Crippen LogP contribution in [0, 0.1) is 22.7 Å². The van der Waals surface area contributed by atoms with Crippen molar-refractivity contribution in [1.82, 2.24) is 4.90 Å². The van der Waals surface area contributed by atoms with Crippen LogP contribution in [0.25, 0.3) is 0 Å². The molecule has 0 bridgehead atoms. The van der Waals surface area contributed by atoms with Crippen molar-refractivity contribution < 1.29 is 9.84 Å². The Bertz CT molecular complexity index is 1260. The molecule has 1 N–H and O–H groups in total. The summed E-state index contributed by atoms with van der Waals surface area (Å²) in [5.41, 5.74) is 4.32. The summed E-state index contributed by atoms with van der Waals surface area (Å²) in [6.45, 7) is 10.3. The summed E-state index contributed by atoms with van der Waals surface area (Å²) in [4.78, 5) is 4.71. The van der Waals surface area contributed by atoms with Crippen molar-refractivity contribution in [3.8, 4) is 17.9 Å². The first-order valence-electron chi connectivity index (χ1n) is 13.0. The molecule has 1 heterocycles. The second-order valence-corrected chi connectivity index (χ2v) is 9.55. The van der Waals surface area contributed by atoms with Gasteiger partial charge in [-0.1, -0.05) is 49.7 Å². The van der Waals surface area contributed by atoms with E-state index in [4.69, 9.17) is 21.6 Å². The molecule has 7 heteroatoms. The fourth-order valence-corrected chi connectivity index (χ4v) is 4.75. The van der Waals surface area contributed by atoms with Crippen molar-refractivity contribution in [2.45, 2.75) is 45.9 Å². The summed E-state index contributed by atoms with van der Waals surface area (Å²) in [6, 6.07) is 25.8. The molecule has 6 nitrogen and oxygen atoms in total. The minimum Gasteiger partial charge on any atom is -0.491 e. The highest BCUT2D eigenvalue weighted by molar-refractivity contribution is 6.30. The molecule has 3 atom stereocenters. The maximum Gasteiger partial charge on any atom is 0.120 e. The van der Waals surface area contributed by atoms with Crippen LogP contribution in [0.2, 0.25) is 5.02 Å². The van der Waals surface area contributed by atoms with Gasteiger partial charge in [-0.2, -0.15) is 10.5 Å². The molecule has 1 unspecified atom stereocenters. The van der Waals surface area contributed by atoms with Crippen molar-refractivity contribution >= 4 is 17.3 Å². The summed E-state index contributed by atoms with van der Waals surface area (Å²) in [5, 5.41) is 29.3. The van der Waals surface area contributed by atoms with E-state index in [1.807, 2.05) is 74.5 Å². The second kappa shape index (κ2) is 13.8. The smallest absolute Gasteiger partial charge is 0.120 e. The molecule has 0 saturated carbocycles. The number of hydrogen-bond donors (Lipinski definition) is 1. The van der Waals surface area contributed by atoms with Gasteiger partial charge >= 0.3 is 0 Å². The van der Waals surface area contributed by atoms with Crippen LogP contribution in [0.15, 0.2) is 66.7 Å². The lowest BCUT2D eigenvalue weighted by Crippen LogP contribution is -2.49. The summed E-state index contributed by atoms with van der Waals surface area (Å²) < 4.78 is 5.63. The molecule has 0 aliphatic carbocycles. The van der Waals surface area contributed by atoms with Gasteiger partial charge in [0.25, 0.3) is 0 Å². The minimum absolute atomic E-state index is 0.00757. The first-order valence-corrected chi connectivity index (χ1v) is 13.4. The summed E-state index contributed by atoms with van der Waals surface area (Å²) in [5.74, 6) is 0.562. The third-order valence-electron chi connectivity index (χ3n) is 6.63. The fraction of sp³-hybridized carbons (Fsp3) is 0.355. The van der Waals surface area contributed by atoms with E-state index in [-0.39, 0.29) is 18.7 Å². The maximum absolute atomic E-state index is 9.94. The molecule has 198 valence electrons. The Labute approximate surface area is 231 Å². The number of nitrogens with zero attached hydrogens (tertiary/aromatic N) is 4. The average molecular weight is 531 g/mol. The average Bonchev–Trinajstić information content (AvgIpc) is 2.96. The molecule has 1 aliphatic rings. The van der Waals surface area contributed by atoms with E-state index in [1.54, 1.807) is 13.0 Å². The van der Waals surface area contributed by atoms with E-state index in [9.17, 15) is 10.4 Å². The van der Waals surface area contributed by atoms with Gasteiger partial charge in [-0.15, -0.1) is 0 Å². The highest BCUT2D eigenvalue weighted by Crippen LogP contribution is 2.37. The number of halogens is 1. The SMILES string of the molecule is CC.CC(O)COc1ccc(N2CCN([C@H](C)c3ccc(C#N)cc3)C[C@H]2c2ccc(Cl)cc2)c(C#N)c1. The molecule has 0 aromatic heterocycles. The molecule has 1 aliphatic heterocycles. The molecule has 0 spiro atoms. The lowest BCUT2D eigenvalue weighted by Gasteiger charge is -2.45. The Balaban J connectivity index is 0.00000195. The summed E-state index contributed by atoms with van der Waals surface area (Å²) >= 11 is 6.18. The van der Waals surface area contributed by atoms with Crippen molar-refractivity contribution in [2.75, 3.05) is 31.1 Å². The van der Waals surface area contributed by atoms with Crippen LogP contribution in [0.3, 0.4) is 0 Å². The third kappa shape index (κ3) is 7.05. The quantitative estimate of drug-likeness (QED) is 0.375. The van der Waals surface area contributed by atoms with E-state index in [2.05, 4.69) is 28.9 Å². The van der Waals surface area contributed by atoms with Gasteiger partial charge in [0.05, 0.1) is 35.0 Å². The first kappa shape index (κ1) is 29.0. The van der Waals surface area contributed by atoms with Crippen molar-refractivity contribution in [1.29, 1.82) is 10.5 Å². The van der Waals surface area contributed by atoms with E-state index >= 15 is 0 Å². The van der Waals surface area contributed by atoms with Crippen LogP contribution in [-0.4, -0.2) is 42.4 Å². The zero-order chi connectivity index (χ0) is 27.7. The first-order chi connectivity index (χ1) is 18.4. The van der Waals surface area contributed by atoms with Gasteiger partial charge in [0.2, 0.25) is 0 Å². The number of nitriles is 2. The van der Waals surface area contributed by atoms with Crippen LogP contribution < -0.4 is 9.64 Å². The van der Waals surface area contributed by atoms with Gasteiger partial charge in [0.15, 0.2) is 0 Å². The molecule has 4 rings (SSSR count). The number of aliphatic hydroxyl groups excluding tert-OH is 1. The second-order valence-electron chi connectivity index (χ2n) is 9.12. The van der Waals surface area contributed by atoms with Crippen molar-refractivity contribution in [3.63, 3.8) is 0 Å². The lowest BCUT2D eigenvalue weighted by atomic mass is 9.97. The minimum atomic E-state index is -0.587. The number of benzene rings is 3. The summed E-state index contributed by atoms with van der Waals surface area (Å²) in [7, 11) is 0. The maximum atomic E-state index is 9.94. The zero-order valence-electron chi connectivity index (χ0n) is 22.4. The molecule has 3 aromatic rings. The van der Waals surface area contributed by atoms with Gasteiger partial charge in [0, 0.05) is 30.7 Å². The largest absolute Gasteiger partial charge is 0.491 e. The van der Waals surface area contributed by atoms with Crippen LogP contribution in [-0.2, 0) is 0 Å². The highest BCUT2D eigenvalue weighted by atomic mass is 35.5. The van der Waals surface area contributed by atoms with Crippen LogP contribution in [0.4, 0.5) is 5.69 Å². The molecule has 0 amide bonds. The molecule has 3 aromatic carbocycles. The topological polar surface area (TPSA) is 83.5 Å². The highest BCUT2D eigenvalue weighted by Gasteiger charge is 2.32. The predicted molar refractivity (Wildman–Crippen MR) is 152 cm³/mol. The van der Waals surface area contributed by atoms with E-state index in [0.717, 1.165) is 36.4 Å². The Morgan fingerprint density at radius 1 is 0.974 bits per heavy atom. The monoisotopic (exact) mass is 530 g/mol. The molecule has 1 fully saturated rings. The number of piperazine rings is 1. The number of aliphatic hydroxyl groups is 1. The number of hydrogen-bond acceptors (Lipinski definition) is 6. The summed E-state index contributed by atoms with van der Waals surface area (Å²) in [6.07, 6.45) is -0.587. The molecular formula is C31H35ClN4O2. The number of anilines is 1. The van der Waals surface area contributed by atoms with Crippen molar-refractivity contribution in [2.24, 2.45) is 0 Å². The van der Waals surface area contributed by atoms with Crippen molar-refractivity contribution in [3.05, 3.63) is 94.0 Å². The van der Waals surface area contributed by atoms with Gasteiger partial charge < -0.3 is 14.7 Å². The predicted octanol–water partition coefficient (Wildman–Crippen LogP) is 6.49. The van der Waals surface area contributed by atoms with Gasteiger partial charge in [-0.05, 0) is 67.4 Å². The Kier molecular flexibility index (Phi) is 10.6. The Hall–Kier alpha value is -3.55. The van der Waals surface area contributed by atoms with E-state index in [0.29, 0.717) is 21.9 Å². The normalized spacial score (nSPS) is 16.8. The Morgan fingerprint density at radius 2 is 1.66 bits per heavy atom. The van der Waals surface area contributed by atoms with Crippen LogP contribution in [0.1, 0.15) is 62.0 Å². The lowest BCUT2D eigenvalue weighted by molar-refractivity contribution is 0.122. The van der Waals surface area contributed by atoms with E-state index in [1.165, 1.54) is 0 Å². The molecule has 1 saturated heterocycles. The van der Waals surface area contributed by atoms with Gasteiger partial charge in [-0.3, -0.25) is 4.90 Å². The van der Waals surface area contributed by atoms with E-state index < -0.39 is 6.10 Å². The zero-order valence-corrected chi connectivity index (χ0v) is 23.2. The Morgan fingerprint density at radius 3 is 2.26 bits per heavy atom. The van der Waals surface area contributed by atoms with Gasteiger partial charge in [-0.25, -0.2) is 0 Å². The molecule has 0 radical (unpaired) electrons. The third-order valence-corrected chi connectivity index (χ3v) is 6.88. The number of ether oxygens (including phenoxy) is 1. The standard InChI is InChI=1S/C29H29ClN4O2.C2H6/c1-20(35)19-36-27-11-12-28(25(15-27)17-32)34-14-13-33(18-29(34)24-7-9-26(30)10-8-24)21(2)23-5-3-22(16-31)4-6-23;1-2/h3-12,15,20-21,29,35H,13-14,18-19H2,1-2H3;1-2H3/t20?,21-,29+;/m1./s1. The number of rotatable bonds is 7. The van der Waals surface area contributed by atoms with Crippen LogP contribution in [0.5, 0.6) is 5.75 Å². The van der Waals surface area contributed by atoms with Crippen LogP contribution >= 0.6 is 11.6 Å². The molecular weight excluding hydrogens is 496 g/mol. The van der Waals surface area contributed by atoms with Gasteiger partial charge in [0.1, 0.15) is 18.4 Å².